The number of ketones is 2. The number of benzene rings is 2. The molecule has 3 aliphatic rings. The van der Waals surface area contributed by atoms with E-state index in [1.165, 1.54) is 44.1 Å². The van der Waals surface area contributed by atoms with Gasteiger partial charge in [-0.15, -0.1) is 0 Å². The van der Waals surface area contributed by atoms with Crippen molar-refractivity contribution in [2.45, 2.75) is 43.1 Å². The molecule has 0 saturated heterocycles. The van der Waals surface area contributed by atoms with Gasteiger partial charge in [0, 0.05) is 17.4 Å². The molecule has 0 aliphatic heterocycles. The number of phenols is 2. The number of carbonyl (C=O) groups excluding carboxylic acids is 3. The molecule has 0 heterocycles. The number of carbonyl (C=O) groups is 4. The number of aliphatic carboxylic acids is 1. The molecule has 1 unspecified atom stereocenters. The number of hydrogen-bond acceptors (Lipinski definition) is 12. The lowest BCUT2D eigenvalue weighted by Crippen LogP contribution is -2.65. The summed E-state index contributed by atoms with van der Waals surface area (Å²) < 4.78 is 0. The lowest BCUT2D eigenvalue weighted by molar-refractivity contribution is -0.152. The number of aromatic hydroxyl groups is 2. The molecule has 1 amide bonds. The molecule has 10 N–H and O–H groups in total. The molecule has 46 heavy (non-hydrogen) atoms. The molecule has 2 aromatic rings. The number of fused-ring (bicyclic) bond motifs is 3. The Bertz CT molecular complexity index is 1660. The molecule has 246 valence electrons. The van der Waals surface area contributed by atoms with E-state index in [2.05, 4.69) is 5.32 Å². The van der Waals surface area contributed by atoms with Gasteiger partial charge in [-0.2, -0.15) is 0 Å². The first kappa shape index (κ1) is 34.1. The maximum absolute atomic E-state index is 13.3. The third-order valence-corrected chi connectivity index (χ3v) is 9.04. The highest BCUT2D eigenvalue weighted by atomic mass is 16.4. The molecule has 6 atom stereocenters. The monoisotopic (exact) mass is 639 g/mol. The molecule has 0 aromatic heterocycles. The third kappa shape index (κ3) is 5.38. The fourth-order valence-corrected chi connectivity index (χ4v) is 6.69. The summed E-state index contributed by atoms with van der Waals surface area (Å²) in [6.45, 7) is 1.40. The van der Waals surface area contributed by atoms with Crippen LogP contribution in [0.2, 0.25) is 0 Å². The van der Waals surface area contributed by atoms with Crippen LogP contribution in [0.1, 0.15) is 34.8 Å². The van der Waals surface area contributed by atoms with Crippen molar-refractivity contribution in [3.8, 4) is 11.5 Å². The van der Waals surface area contributed by atoms with Crippen LogP contribution in [-0.4, -0.2) is 103 Å². The molecule has 3 aliphatic carbocycles. The quantitative estimate of drug-likeness (QED) is 0.194. The van der Waals surface area contributed by atoms with Crippen molar-refractivity contribution < 1.29 is 54.9 Å². The smallest absolute Gasteiger partial charge is 0.321 e. The van der Waals surface area contributed by atoms with E-state index in [1.807, 2.05) is 0 Å². The molecular formula is C32H37N3O11. The molecule has 0 fully saturated rings. The summed E-state index contributed by atoms with van der Waals surface area (Å²) in [6.07, 6.45) is 0.209. The number of nitrogens with one attached hydrogen (secondary N) is 1. The molecule has 14 heteroatoms. The van der Waals surface area contributed by atoms with Gasteiger partial charge in [0.15, 0.2) is 11.4 Å². The summed E-state index contributed by atoms with van der Waals surface area (Å²) >= 11 is 0. The number of amides is 1. The van der Waals surface area contributed by atoms with Crippen LogP contribution in [0.25, 0.3) is 0 Å². The average molecular weight is 640 g/mol. The molecule has 5 rings (SSSR count). The van der Waals surface area contributed by atoms with Crippen molar-refractivity contribution in [1.82, 2.24) is 10.2 Å². The van der Waals surface area contributed by atoms with Gasteiger partial charge in [0.05, 0.1) is 17.2 Å². The minimum atomic E-state index is -2.75. The normalized spacial score (nSPS) is 27.7. The van der Waals surface area contributed by atoms with E-state index in [9.17, 15) is 44.7 Å². The van der Waals surface area contributed by atoms with Crippen molar-refractivity contribution >= 4 is 23.4 Å². The minimum Gasteiger partial charge on any atom is -0.510 e. The first-order chi connectivity index (χ1) is 21.4. The van der Waals surface area contributed by atoms with E-state index in [4.69, 9.17) is 15.9 Å². The van der Waals surface area contributed by atoms with Gasteiger partial charge < -0.3 is 46.8 Å². The van der Waals surface area contributed by atoms with Gasteiger partial charge in [-0.1, -0.05) is 24.3 Å². The number of aliphatic hydroxyl groups is 4. The number of aliphatic hydroxyl groups excluding tert-OH is 2. The first-order valence-corrected chi connectivity index (χ1v) is 14.3. The van der Waals surface area contributed by atoms with Gasteiger partial charge in [0.2, 0.25) is 5.78 Å². The molecular weight excluding hydrogens is 602 g/mol. The van der Waals surface area contributed by atoms with Gasteiger partial charge in [0.25, 0.3) is 5.91 Å². The Balaban J connectivity index is 0.000000288. The van der Waals surface area contributed by atoms with E-state index in [0.717, 1.165) is 5.56 Å². The zero-order valence-electron chi connectivity index (χ0n) is 25.6. The largest absolute Gasteiger partial charge is 0.510 e. The Morgan fingerprint density at radius 1 is 1.04 bits per heavy atom. The molecule has 14 nitrogen and oxygen atoms in total. The van der Waals surface area contributed by atoms with Crippen LogP contribution < -0.4 is 11.1 Å². The standard InChI is InChI=1S/C22H24N2O8.C10H13NO3/c1-21(31)8-5-4-6-11(25)12(8)16(26)13-9(21)7-10-15(24(2)3)17(27)14(20(23)30)19(29)22(10,32)18(13)28;1-11-9(10(13)14)6-7-2-4-8(12)5-3-7/h4-6,9-10,15,25,27-28,31-32H,7H2,1-3H3,(H2,23,30);2-5,9,11-12H,6H2,1H3,(H,13,14)/t9-,10-,15-,21+,22-;/m0./s1. The summed E-state index contributed by atoms with van der Waals surface area (Å²) in [5.41, 5.74) is 0.225. The van der Waals surface area contributed by atoms with Gasteiger partial charge >= 0.3 is 5.97 Å². The first-order valence-electron chi connectivity index (χ1n) is 14.3. The van der Waals surface area contributed by atoms with Gasteiger partial charge in [0.1, 0.15) is 34.6 Å². The maximum Gasteiger partial charge on any atom is 0.321 e. The fraction of sp³-hybridized carbons (Fsp3) is 0.375. The Morgan fingerprint density at radius 3 is 2.17 bits per heavy atom. The number of rotatable bonds is 6. The van der Waals surface area contributed by atoms with Crippen LogP contribution in [0.5, 0.6) is 11.5 Å². The van der Waals surface area contributed by atoms with Crippen LogP contribution in [0.3, 0.4) is 0 Å². The van der Waals surface area contributed by atoms with Gasteiger partial charge in [-0.05, 0) is 70.2 Å². The van der Waals surface area contributed by atoms with Crippen LogP contribution in [0, 0.1) is 11.8 Å². The lowest BCUT2D eigenvalue weighted by atomic mass is 9.55. The van der Waals surface area contributed by atoms with Crippen LogP contribution in [0.15, 0.2) is 65.1 Å². The Kier molecular flexibility index (Phi) is 9.06. The molecule has 2 aromatic carbocycles. The van der Waals surface area contributed by atoms with Gasteiger partial charge in [-0.3, -0.25) is 24.1 Å². The van der Waals surface area contributed by atoms with Crippen molar-refractivity contribution in [2.24, 2.45) is 17.6 Å². The Hall–Kier alpha value is -4.76. The second-order valence-electron chi connectivity index (χ2n) is 12.0. The minimum absolute atomic E-state index is 0.135. The number of carboxylic acid groups (broad SMARTS) is 1. The number of nitrogens with zero attached hydrogens (tertiary/aromatic N) is 1. The fourth-order valence-electron chi connectivity index (χ4n) is 6.69. The van der Waals surface area contributed by atoms with E-state index >= 15 is 0 Å². The van der Waals surface area contributed by atoms with Gasteiger partial charge in [-0.25, -0.2) is 0 Å². The van der Waals surface area contributed by atoms with E-state index < -0.39 is 87.0 Å². The predicted molar refractivity (Wildman–Crippen MR) is 162 cm³/mol. The van der Waals surface area contributed by atoms with E-state index in [0.29, 0.717) is 6.42 Å². The number of hydrogen-bond donors (Lipinski definition) is 9. The summed E-state index contributed by atoms with van der Waals surface area (Å²) in [6, 6.07) is 8.98. The van der Waals surface area contributed by atoms with Crippen molar-refractivity contribution in [3.63, 3.8) is 0 Å². The molecule has 0 spiro atoms. The van der Waals surface area contributed by atoms with Crippen LogP contribution >= 0.6 is 0 Å². The zero-order chi connectivity index (χ0) is 34.5. The second-order valence-corrected chi connectivity index (χ2v) is 12.0. The molecule has 0 saturated carbocycles. The van der Waals surface area contributed by atoms with Crippen molar-refractivity contribution in [3.05, 3.63) is 81.8 Å². The Labute approximate surface area is 263 Å². The van der Waals surface area contributed by atoms with E-state index in [1.54, 1.807) is 31.3 Å². The third-order valence-electron chi connectivity index (χ3n) is 9.04. The highest BCUT2D eigenvalue weighted by molar-refractivity contribution is 6.24. The summed E-state index contributed by atoms with van der Waals surface area (Å²) in [7, 11) is 4.67. The summed E-state index contributed by atoms with van der Waals surface area (Å²) in [5, 5.41) is 75.5. The SMILES string of the molecule is CN(C)[C@@H]1C(O)=C(C(N)=O)C(=O)[C@@]2(O)C(O)=C3C(=O)c4c(O)cccc4[C@@](C)(O)[C@H]3C[C@@H]12.CNC(Cc1ccc(O)cc1)C(=O)O. The summed E-state index contributed by atoms with van der Waals surface area (Å²) in [5.74, 6) is -8.58. The molecule has 0 radical (unpaired) electrons. The number of likely N-dealkylation sites (N-methyl/N-ethyl adjacent to an activating group) is 2. The van der Waals surface area contributed by atoms with E-state index in [-0.39, 0.29) is 23.3 Å². The van der Waals surface area contributed by atoms with Crippen molar-refractivity contribution in [2.75, 3.05) is 21.1 Å². The zero-order valence-corrected chi connectivity index (χ0v) is 25.6. The lowest BCUT2D eigenvalue weighted by Gasteiger charge is -2.52. The van der Waals surface area contributed by atoms with Crippen molar-refractivity contribution in [1.29, 1.82) is 0 Å². The Morgan fingerprint density at radius 2 is 1.65 bits per heavy atom. The second kappa shape index (κ2) is 12.2. The van der Waals surface area contributed by atoms with Crippen LogP contribution in [0.4, 0.5) is 0 Å². The number of primary amides is 1. The maximum atomic E-state index is 13.3. The topological polar surface area (TPSA) is 251 Å². The highest BCUT2D eigenvalue weighted by Crippen LogP contribution is 2.56. The number of phenolic OH excluding ortho intramolecular Hbond substituents is 2. The van der Waals surface area contributed by atoms with Crippen LogP contribution in [-0.2, 0) is 26.4 Å². The average Bonchev–Trinajstić information content (AvgIpc) is 2.97. The highest BCUT2D eigenvalue weighted by Gasteiger charge is 2.65. The predicted octanol–water partition coefficient (Wildman–Crippen LogP) is 0.393. The number of nitrogens with two attached hydrogens (primary N) is 1. The summed E-state index contributed by atoms with van der Waals surface area (Å²) in [4.78, 5) is 50.5. The molecule has 0 bridgehead atoms. The number of Topliss-reactive ketones (excluding diaryl/α,β-unsaturated/α-hetero) is 2. The number of carboxylic acids is 1.